The second kappa shape index (κ2) is 10.9. The normalized spacial score (nSPS) is 17.2. The predicted octanol–water partition coefficient (Wildman–Crippen LogP) is 9.04. The largest absolute Gasteiger partial charge is 0.460 e. The minimum absolute atomic E-state index is 0.249. The fraction of sp³-hybridized carbons (Fsp3) is 1.00. The summed E-state index contributed by atoms with van der Waals surface area (Å²) in [6.07, 6.45) is -18.4. The zero-order chi connectivity index (χ0) is 33.9. The quantitative estimate of drug-likeness (QED) is 0.103. The van der Waals surface area contributed by atoms with Gasteiger partial charge in [-0.2, -0.15) is 105 Å². The molecular formula is C15H7F24IO. The zero-order valence-electron chi connectivity index (χ0n) is 18.1. The summed E-state index contributed by atoms with van der Waals surface area (Å²) < 4.78 is 311. The average Bonchev–Trinajstić information content (AvgIpc) is 2.70. The van der Waals surface area contributed by atoms with Gasteiger partial charge in [0.15, 0.2) is 0 Å². The van der Waals surface area contributed by atoms with Gasteiger partial charge in [0, 0.05) is 10.3 Å². The SMILES string of the molecule is FC(F)(F)C(F)(F)C(F)(F)C(F)(F)C(F)(F)COCC(I)CC(F)(F)C(F)(F)C(F)(F)C(F)(F)C(F)(F)C(F)(F)F. The van der Waals surface area contributed by atoms with E-state index in [2.05, 4.69) is 4.74 Å². The second-order valence-corrected chi connectivity index (χ2v) is 9.50. The van der Waals surface area contributed by atoms with E-state index in [1.54, 1.807) is 0 Å². The lowest BCUT2D eigenvalue weighted by atomic mass is 9.92. The van der Waals surface area contributed by atoms with Gasteiger partial charge in [0.1, 0.15) is 6.61 Å². The van der Waals surface area contributed by atoms with E-state index in [1.165, 1.54) is 0 Å². The van der Waals surface area contributed by atoms with Crippen LogP contribution in [0.3, 0.4) is 0 Å². The molecule has 0 spiro atoms. The van der Waals surface area contributed by atoms with Gasteiger partial charge in [0.2, 0.25) is 0 Å². The van der Waals surface area contributed by atoms with Crippen molar-refractivity contribution in [2.75, 3.05) is 13.2 Å². The van der Waals surface area contributed by atoms with Crippen molar-refractivity contribution in [3.05, 3.63) is 0 Å². The molecule has 0 saturated heterocycles. The van der Waals surface area contributed by atoms with E-state index in [9.17, 15) is 105 Å². The smallest absolute Gasteiger partial charge is 0.374 e. The Morgan fingerprint density at radius 1 is 0.390 bits per heavy atom. The van der Waals surface area contributed by atoms with Gasteiger partial charge in [0.25, 0.3) is 0 Å². The molecule has 0 fully saturated rings. The Hall–Kier alpha value is -0.990. The van der Waals surface area contributed by atoms with Crippen LogP contribution in [0.5, 0.6) is 0 Å². The van der Waals surface area contributed by atoms with Gasteiger partial charge in [-0.15, -0.1) is 0 Å². The van der Waals surface area contributed by atoms with Crippen molar-refractivity contribution in [3.8, 4) is 0 Å². The molecule has 0 aliphatic rings. The van der Waals surface area contributed by atoms with Gasteiger partial charge in [-0.3, -0.25) is 0 Å². The van der Waals surface area contributed by atoms with Crippen LogP contribution in [0.25, 0.3) is 0 Å². The van der Waals surface area contributed by atoms with Crippen molar-refractivity contribution in [1.82, 2.24) is 0 Å². The number of ether oxygens (including phenoxy) is 1. The highest BCUT2D eigenvalue weighted by Crippen LogP contribution is 2.61. The van der Waals surface area contributed by atoms with Crippen LogP contribution in [0.1, 0.15) is 6.42 Å². The zero-order valence-corrected chi connectivity index (χ0v) is 20.2. The van der Waals surface area contributed by atoms with Gasteiger partial charge >= 0.3 is 65.7 Å². The van der Waals surface area contributed by atoms with Crippen molar-refractivity contribution in [3.63, 3.8) is 0 Å². The van der Waals surface area contributed by atoms with Gasteiger partial charge in [-0.05, 0) is 0 Å². The monoisotopic (exact) mass is 786 g/mol. The summed E-state index contributed by atoms with van der Waals surface area (Å²) in [6, 6.07) is 0. The molecule has 1 unspecified atom stereocenters. The number of rotatable bonds is 13. The summed E-state index contributed by atoms with van der Waals surface area (Å²) in [4.78, 5) is 0. The Labute approximate surface area is 222 Å². The highest BCUT2D eigenvalue weighted by molar-refractivity contribution is 14.1. The molecule has 26 heteroatoms. The van der Waals surface area contributed by atoms with Gasteiger partial charge in [0.05, 0.1) is 6.61 Å². The lowest BCUT2D eigenvalue weighted by Crippen LogP contribution is -2.70. The lowest BCUT2D eigenvalue weighted by Gasteiger charge is -2.40. The van der Waals surface area contributed by atoms with Crippen LogP contribution in [0.2, 0.25) is 0 Å². The average molecular weight is 786 g/mol. The van der Waals surface area contributed by atoms with E-state index < -0.39 is 89.2 Å². The third kappa shape index (κ3) is 6.31. The maximum atomic E-state index is 13.7. The summed E-state index contributed by atoms with van der Waals surface area (Å²) in [6.45, 7) is -5.64. The van der Waals surface area contributed by atoms with E-state index in [4.69, 9.17) is 0 Å². The Kier molecular flexibility index (Phi) is 10.6. The fourth-order valence-electron chi connectivity index (χ4n) is 2.28. The van der Waals surface area contributed by atoms with Crippen LogP contribution in [0, 0.1) is 0 Å². The van der Waals surface area contributed by atoms with Crippen molar-refractivity contribution in [2.45, 2.75) is 76.0 Å². The van der Waals surface area contributed by atoms with Crippen LogP contribution >= 0.6 is 22.6 Å². The summed E-state index contributed by atoms with van der Waals surface area (Å²) in [5.41, 5.74) is 0. The number of halogens is 25. The van der Waals surface area contributed by atoms with Crippen molar-refractivity contribution >= 4 is 22.6 Å². The minimum Gasteiger partial charge on any atom is -0.374 e. The number of hydrogen-bond acceptors (Lipinski definition) is 1. The van der Waals surface area contributed by atoms with E-state index in [0.717, 1.165) is 0 Å². The lowest BCUT2D eigenvalue weighted by molar-refractivity contribution is -0.440. The molecule has 0 aromatic carbocycles. The second-order valence-electron chi connectivity index (χ2n) is 7.74. The highest BCUT2D eigenvalue weighted by Gasteiger charge is 2.91. The molecule has 0 saturated carbocycles. The summed E-state index contributed by atoms with van der Waals surface area (Å²) in [5, 5.41) is 0. The maximum Gasteiger partial charge on any atom is 0.460 e. The fourth-order valence-corrected chi connectivity index (χ4v) is 3.09. The molecule has 0 rings (SSSR count). The van der Waals surface area contributed by atoms with Crippen LogP contribution in [0.4, 0.5) is 105 Å². The molecule has 1 nitrogen and oxygen atoms in total. The Morgan fingerprint density at radius 3 is 0.976 bits per heavy atom. The summed E-state index contributed by atoms with van der Waals surface area (Å²) in [7, 11) is 0. The molecule has 0 bridgehead atoms. The molecule has 41 heavy (non-hydrogen) atoms. The molecule has 0 aromatic heterocycles. The minimum atomic E-state index is -8.29. The Balaban J connectivity index is 5.87. The first kappa shape index (κ1) is 40.0. The predicted molar refractivity (Wildman–Crippen MR) is 89.9 cm³/mol. The van der Waals surface area contributed by atoms with E-state index >= 15 is 0 Å². The van der Waals surface area contributed by atoms with E-state index in [1.807, 2.05) is 0 Å². The first-order chi connectivity index (χ1) is 17.4. The highest BCUT2D eigenvalue weighted by atomic mass is 127. The molecule has 0 aromatic rings. The Morgan fingerprint density at radius 2 is 0.659 bits per heavy atom. The third-order valence-electron chi connectivity index (χ3n) is 4.66. The van der Waals surface area contributed by atoms with Crippen molar-refractivity contribution in [2.24, 2.45) is 0 Å². The molecule has 0 aliphatic heterocycles. The first-order valence-electron chi connectivity index (χ1n) is 9.10. The third-order valence-corrected chi connectivity index (χ3v) is 5.46. The molecule has 0 radical (unpaired) electrons. The first-order valence-corrected chi connectivity index (χ1v) is 10.4. The molecule has 1 atom stereocenters. The molecule has 0 N–H and O–H groups in total. The molecular weight excluding hydrogens is 779 g/mol. The van der Waals surface area contributed by atoms with E-state index in [0.29, 0.717) is 0 Å². The topological polar surface area (TPSA) is 9.23 Å². The standard InChI is InChI=1S/C15H7F24IO/c16-5(17,7(20,21)9(24,25)11(28,29)13(32,33)15(37,38)39)1-4(40)2-41-3-6(18,19)8(22,23)10(26,27)12(30,31)14(34,35)36/h4H,1-3H2. The number of hydrogen-bond donors (Lipinski definition) is 0. The van der Waals surface area contributed by atoms with Gasteiger partial charge in [-0.1, -0.05) is 22.6 Å². The van der Waals surface area contributed by atoms with Crippen LogP contribution in [0.15, 0.2) is 0 Å². The van der Waals surface area contributed by atoms with Crippen molar-refractivity contribution < 1.29 is 110 Å². The summed E-state index contributed by atoms with van der Waals surface area (Å²) >= 11 is 0.249. The molecule has 0 aliphatic carbocycles. The van der Waals surface area contributed by atoms with Gasteiger partial charge < -0.3 is 4.74 Å². The van der Waals surface area contributed by atoms with E-state index in [-0.39, 0.29) is 22.6 Å². The molecule has 0 heterocycles. The van der Waals surface area contributed by atoms with Crippen LogP contribution < -0.4 is 0 Å². The number of alkyl halides is 25. The Bertz CT molecular complexity index is 900. The summed E-state index contributed by atoms with van der Waals surface area (Å²) in [5.74, 6) is -69.5. The van der Waals surface area contributed by atoms with Crippen LogP contribution in [-0.4, -0.2) is 82.8 Å². The van der Waals surface area contributed by atoms with Crippen LogP contribution in [-0.2, 0) is 4.74 Å². The maximum absolute atomic E-state index is 13.7. The van der Waals surface area contributed by atoms with Crippen molar-refractivity contribution in [1.29, 1.82) is 0 Å². The molecule has 0 amide bonds. The van der Waals surface area contributed by atoms with Gasteiger partial charge in [-0.25, -0.2) is 0 Å². The molecule has 248 valence electrons.